The van der Waals surface area contributed by atoms with Gasteiger partial charge in [-0.3, -0.25) is 4.79 Å². The average Bonchev–Trinajstić information content (AvgIpc) is 3.25. The zero-order valence-corrected chi connectivity index (χ0v) is 17.0. The molecule has 1 amide bonds. The van der Waals surface area contributed by atoms with E-state index >= 15 is 0 Å². The van der Waals surface area contributed by atoms with E-state index in [1.54, 1.807) is 0 Å². The number of rotatable bonds is 5. The molecule has 1 aromatic heterocycles. The van der Waals surface area contributed by atoms with Gasteiger partial charge >= 0.3 is 0 Å². The van der Waals surface area contributed by atoms with Gasteiger partial charge in [-0.2, -0.15) is 4.98 Å². The summed E-state index contributed by atoms with van der Waals surface area (Å²) in [4.78, 5) is 19.6. The SMILES string of the molecule is O=C(Nc1ccccc1Oc1ccccc1)C1CCN(c2nc3ccccc3o2)CC1. The summed E-state index contributed by atoms with van der Waals surface area (Å²) in [5, 5.41) is 3.06. The van der Waals surface area contributed by atoms with Crippen molar-refractivity contribution in [2.45, 2.75) is 12.8 Å². The van der Waals surface area contributed by atoms with Gasteiger partial charge in [-0.1, -0.05) is 42.5 Å². The van der Waals surface area contributed by atoms with Crippen LogP contribution in [0, 0.1) is 5.92 Å². The standard InChI is InChI=1S/C25H23N3O3/c29-24(26-20-10-4-6-12-22(20)30-19-8-2-1-3-9-19)18-14-16-28(17-15-18)25-27-21-11-5-7-13-23(21)31-25/h1-13,18H,14-17H2,(H,26,29). The Hall–Kier alpha value is -3.80. The van der Waals surface area contributed by atoms with Crippen molar-refractivity contribution in [1.82, 2.24) is 4.98 Å². The maximum atomic E-state index is 12.9. The first-order valence-electron chi connectivity index (χ1n) is 10.5. The normalized spacial score (nSPS) is 14.5. The van der Waals surface area contributed by atoms with E-state index in [2.05, 4.69) is 15.2 Å². The van der Waals surface area contributed by atoms with E-state index in [9.17, 15) is 4.79 Å². The largest absolute Gasteiger partial charge is 0.455 e. The van der Waals surface area contributed by atoms with Crippen LogP contribution in [0.2, 0.25) is 0 Å². The smallest absolute Gasteiger partial charge is 0.298 e. The van der Waals surface area contributed by atoms with Gasteiger partial charge in [0.1, 0.15) is 11.3 Å². The Morgan fingerprint density at radius 1 is 0.935 bits per heavy atom. The Balaban J connectivity index is 1.22. The fourth-order valence-electron chi connectivity index (χ4n) is 3.84. The first-order chi connectivity index (χ1) is 15.3. The third-order valence-electron chi connectivity index (χ3n) is 5.53. The zero-order valence-electron chi connectivity index (χ0n) is 17.0. The Labute approximate surface area is 180 Å². The van der Waals surface area contributed by atoms with Crippen molar-refractivity contribution in [2.24, 2.45) is 5.92 Å². The highest BCUT2D eigenvalue weighted by Crippen LogP contribution is 2.31. The molecule has 1 saturated heterocycles. The predicted molar refractivity (Wildman–Crippen MR) is 121 cm³/mol. The molecule has 0 atom stereocenters. The molecule has 0 unspecified atom stereocenters. The van der Waals surface area contributed by atoms with Crippen LogP contribution in [0.4, 0.5) is 11.7 Å². The molecule has 0 aliphatic carbocycles. The van der Waals surface area contributed by atoms with E-state index in [0.717, 1.165) is 42.8 Å². The maximum absolute atomic E-state index is 12.9. The van der Waals surface area contributed by atoms with E-state index in [1.807, 2.05) is 78.9 Å². The van der Waals surface area contributed by atoms with Gasteiger partial charge in [0.15, 0.2) is 11.3 Å². The summed E-state index contributed by atoms with van der Waals surface area (Å²) < 4.78 is 11.8. The number of ether oxygens (including phenoxy) is 1. The van der Waals surface area contributed by atoms with Gasteiger partial charge in [0, 0.05) is 19.0 Å². The summed E-state index contributed by atoms with van der Waals surface area (Å²) in [6.07, 6.45) is 1.48. The molecule has 1 aliphatic rings. The summed E-state index contributed by atoms with van der Waals surface area (Å²) in [6, 6.07) is 25.4. The quantitative estimate of drug-likeness (QED) is 0.470. The molecule has 2 heterocycles. The minimum Gasteiger partial charge on any atom is -0.455 e. The van der Waals surface area contributed by atoms with Crippen molar-refractivity contribution < 1.29 is 13.9 Å². The van der Waals surface area contributed by atoms with Crippen LogP contribution in [0.15, 0.2) is 83.3 Å². The molecule has 1 N–H and O–H groups in total. The number of fused-ring (bicyclic) bond motifs is 1. The van der Waals surface area contributed by atoms with Crippen molar-refractivity contribution in [2.75, 3.05) is 23.3 Å². The fourth-order valence-corrected chi connectivity index (χ4v) is 3.84. The third-order valence-corrected chi connectivity index (χ3v) is 5.53. The topological polar surface area (TPSA) is 67.6 Å². The second-order valence-electron chi connectivity index (χ2n) is 7.63. The average molecular weight is 413 g/mol. The molecular formula is C25H23N3O3. The predicted octanol–water partition coefficient (Wildman–Crippen LogP) is 5.48. The lowest BCUT2D eigenvalue weighted by molar-refractivity contribution is -0.120. The number of aromatic nitrogens is 1. The Morgan fingerprint density at radius 2 is 1.65 bits per heavy atom. The number of para-hydroxylation sites is 5. The lowest BCUT2D eigenvalue weighted by Crippen LogP contribution is -2.38. The van der Waals surface area contributed by atoms with Gasteiger partial charge in [0.2, 0.25) is 5.91 Å². The van der Waals surface area contributed by atoms with Crippen LogP contribution < -0.4 is 15.0 Å². The number of hydrogen-bond donors (Lipinski definition) is 1. The summed E-state index contributed by atoms with van der Waals surface area (Å²) in [5.41, 5.74) is 2.32. The van der Waals surface area contributed by atoms with Gasteiger partial charge in [0.25, 0.3) is 6.01 Å². The Morgan fingerprint density at radius 3 is 2.45 bits per heavy atom. The van der Waals surface area contributed by atoms with E-state index in [1.165, 1.54) is 0 Å². The first kappa shape index (κ1) is 19.2. The lowest BCUT2D eigenvalue weighted by Gasteiger charge is -2.30. The molecule has 6 heteroatoms. The molecule has 3 aromatic carbocycles. The number of carbonyl (C=O) groups excluding carboxylic acids is 1. The Bertz CT molecular complexity index is 1150. The van der Waals surface area contributed by atoms with Crippen molar-refractivity contribution in [3.63, 3.8) is 0 Å². The summed E-state index contributed by atoms with van der Waals surface area (Å²) >= 11 is 0. The molecule has 0 bridgehead atoms. The van der Waals surface area contributed by atoms with Crippen LogP contribution >= 0.6 is 0 Å². The van der Waals surface area contributed by atoms with E-state index in [0.29, 0.717) is 17.5 Å². The first-order valence-corrected chi connectivity index (χ1v) is 10.5. The second kappa shape index (κ2) is 8.52. The Kier molecular flexibility index (Phi) is 5.27. The summed E-state index contributed by atoms with van der Waals surface area (Å²) in [5.74, 6) is 1.31. The van der Waals surface area contributed by atoms with Crippen LogP contribution in [0.5, 0.6) is 11.5 Å². The number of carbonyl (C=O) groups is 1. The molecule has 5 rings (SSSR count). The number of hydrogen-bond acceptors (Lipinski definition) is 5. The maximum Gasteiger partial charge on any atom is 0.298 e. The number of amides is 1. The van der Waals surface area contributed by atoms with Crippen LogP contribution in [-0.2, 0) is 4.79 Å². The highest BCUT2D eigenvalue weighted by Gasteiger charge is 2.27. The minimum atomic E-state index is -0.0644. The minimum absolute atomic E-state index is 0.0151. The molecule has 156 valence electrons. The van der Waals surface area contributed by atoms with Gasteiger partial charge in [-0.05, 0) is 49.2 Å². The molecule has 0 spiro atoms. The molecule has 0 saturated carbocycles. The van der Waals surface area contributed by atoms with Crippen molar-refractivity contribution in [3.8, 4) is 11.5 Å². The zero-order chi connectivity index (χ0) is 21.0. The van der Waals surface area contributed by atoms with Crippen LogP contribution in [0.3, 0.4) is 0 Å². The van der Waals surface area contributed by atoms with Crippen molar-refractivity contribution >= 4 is 28.7 Å². The molecule has 1 aliphatic heterocycles. The highest BCUT2D eigenvalue weighted by molar-refractivity contribution is 5.94. The molecule has 0 radical (unpaired) electrons. The van der Waals surface area contributed by atoms with E-state index < -0.39 is 0 Å². The third kappa shape index (κ3) is 4.23. The molecule has 4 aromatic rings. The van der Waals surface area contributed by atoms with E-state index in [4.69, 9.17) is 9.15 Å². The fraction of sp³-hybridized carbons (Fsp3) is 0.200. The summed E-state index contributed by atoms with van der Waals surface area (Å²) in [7, 11) is 0. The number of nitrogens with zero attached hydrogens (tertiary/aromatic N) is 2. The molecule has 31 heavy (non-hydrogen) atoms. The van der Waals surface area contributed by atoms with Crippen molar-refractivity contribution in [3.05, 3.63) is 78.9 Å². The molecule has 1 fully saturated rings. The lowest BCUT2D eigenvalue weighted by atomic mass is 9.96. The number of nitrogens with one attached hydrogen (secondary N) is 1. The highest BCUT2D eigenvalue weighted by atomic mass is 16.5. The number of anilines is 2. The molecule has 6 nitrogen and oxygen atoms in total. The van der Waals surface area contributed by atoms with Gasteiger partial charge in [-0.15, -0.1) is 0 Å². The van der Waals surface area contributed by atoms with E-state index in [-0.39, 0.29) is 11.8 Å². The molecular weight excluding hydrogens is 390 g/mol. The second-order valence-corrected chi connectivity index (χ2v) is 7.63. The summed E-state index contributed by atoms with van der Waals surface area (Å²) in [6.45, 7) is 1.46. The van der Waals surface area contributed by atoms with Crippen LogP contribution in [0.25, 0.3) is 11.1 Å². The number of oxazole rings is 1. The van der Waals surface area contributed by atoms with Crippen molar-refractivity contribution in [1.29, 1.82) is 0 Å². The van der Waals surface area contributed by atoms with Gasteiger partial charge < -0.3 is 19.4 Å². The number of piperidine rings is 1. The van der Waals surface area contributed by atoms with Crippen LogP contribution in [0.1, 0.15) is 12.8 Å². The van der Waals surface area contributed by atoms with Crippen LogP contribution in [-0.4, -0.2) is 24.0 Å². The van der Waals surface area contributed by atoms with Gasteiger partial charge in [0.05, 0.1) is 5.69 Å². The monoisotopic (exact) mass is 413 g/mol. The number of benzene rings is 3. The van der Waals surface area contributed by atoms with Gasteiger partial charge in [-0.25, -0.2) is 0 Å².